The van der Waals surface area contributed by atoms with Gasteiger partial charge in [0.05, 0.1) is 24.5 Å². The average Bonchev–Trinajstić information content (AvgIpc) is 3.59. The SMILES string of the molecule is Cc1nc(Cl)nc2c1n(-c1ccc(C(=O)N3CCc4c(n(Cc5ccc(F)cc5F)c5ncccc45)C3)cc1)c(=O)n2C1CCN(CC(C)(C)C)CC1. The van der Waals surface area contributed by atoms with Crippen molar-refractivity contribution in [2.75, 3.05) is 26.2 Å². The summed E-state index contributed by atoms with van der Waals surface area (Å²) in [6, 6.07) is 14.4. The van der Waals surface area contributed by atoms with Crippen LogP contribution in [0.15, 0.2) is 65.6 Å². The summed E-state index contributed by atoms with van der Waals surface area (Å²) in [5, 5.41) is 1.05. The van der Waals surface area contributed by atoms with Crippen LogP contribution in [0.3, 0.4) is 0 Å². The second-order valence-electron chi connectivity index (χ2n) is 15.5. The molecule has 2 aromatic carbocycles. The second-order valence-corrected chi connectivity index (χ2v) is 15.8. The molecule has 13 heteroatoms. The van der Waals surface area contributed by atoms with E-state index in [9.17, 15) is 18.4 Å². The van der Waals surface area contributed by atoms with E-state index in [1.165, 1.54) is 12.1 Å². The van der Waals surface area contributed by atoms with E-state index in [1.807, 2.05) is 23.6 Å². The third-order valence-corrected chi connectivity index (χ3v) is 10.7. The minimum atomic E-state index is -0.637. The molecule has 53 heavy (non-hydrogen) atoms. The molecule has 1 saturated heterocycles. The number of likely N-dealkylation sites (tertiary alicyclic amines) is 1. The smallest absolute Gasteiger partial charge is 0.332 e. The first kappa shape index (κ1) is 35.1. The fraction of sp³-hybridized carbons (Fsp3) is 0.375. The van der Waals surface area contributed by atoms with Gasteiger partial charge in [0.1, 0.15) is 22.8 Å². The standard InChI is InChI=1S/C40H41ClF2N8O2/c1-24-34-36(46-38(41)45-24)51(29-13-17-47(18-14-29)23-40(2,3)4)39(53)50(34)28-11-8-25(9-12-28)37(52)48-19-15-30-31-6-5-16-44-35(31)49(33(30)22-48)21-26-7-10-27(42)20-32(26)43/h5-12,16,20,29H,13-15,17-19,21-23H2,1-4H3. The lowest BCUT2D eigenvalue weighted by Crippen LogP contribution is -2.41. The van der Waals surface area contributed by atoms with Crippen LogP contribution in [0.5, 0.6) is 0 Å². The largest absolute Gasteiger partial charge is 0.335 e. The van der Waals surface area contributed by atoms with Crippen LogP contribution in [0.25, 0.3) is 27.9 Å². The fourth-order valence-electron chi connectivity index (χ4n) is 8.18. The van der Waals surface area contributed by atoms with Crippen molar-refractivity contribution in [3.8, 4) is 5.69 Å². The number of carbonyl (C=O) groups is 1. The Kier molecular flexibility index (Phi) is 8.93. The lowest BCUT2D eigenvalue weighted by Gasteiger charge is -2.36. The van der Waals surface area contributed by atoms with Gasteiger partial charge in [0, 0.05) is 66.7 Å². The average molecular weight is 739 g/mol. The van der Waals surface area contributed by atoms with Gasteiger partial charge in [-0.3, -0.25) is 13.9 Å². The van der Waals surface area contributed by atoms with E-state index < -0.39 is 11.6 Å². The van der Waals surface area contributed by atoms with Gasteiger partial charge in [-0.15, -0.1) is 0 Å². The molecule has 0 radical (unpaired) electrons. The van der Waals surface area contributed by atoms with Gasteiger partial charge in [-0.1, -0.05) is 26.8 Å². The molecule has 6 aromatic rings. The van der Waals surface area contributed by atoms with Crippen LogP contribution >= 0.6 is 11.6 Å². The Balaban J connectivity index is 1.08. The second kappa shape index (κ2) is 13.5. The number of fused-ring (bicyclic) bond motifs is 4. The zero-order valence-electron chi connectivity index (χ0n) is 30.2. The Labute approximate surface area is 310 Å². The molecular weight excluding hydrogens is 698 g/mol. The van der Waals surface area contributed by atoms with Crippen LogP contribution in [0.1, 0.15) is 72.5 Å². The molecule has 0 N–H and O–H groups in total. The van der Waals surface area contributed by atoms with E-state index in [0.29, 0.717) is 58.8 Å². The normalized spacial score (nSPS) is 15.8. The third-order valence-electron chi connectivity index (χ3n) is 10.5. The van der Waals surface area contributed by atoms with E-state index in [0.717, 1.165) is 55.2 Å². The van der Waals surface area contributed by atoms with Crippen molar-refractivity contribution in [3.05, 3.63) is 116 Å². The Morgan fingerprint density at radius 3 is 2.45 bits per heavy atom. The maximum Gasteiger partial charge on any atom is 0.335 e. The minimum Gasteiger partial charge on any atom is -0.332 e. The number of pyridine rings is 1. The topological polar surface area (TPSA) is 94.1 Å². The lowest BCUT2D eigenvalue weighted by atomic mass is 9.94. The van der Waals surface area contributed by atoms with Crippen LogP contribution in [0, 0.1) is 24.0 Å². The molecule has 0 bridgehead atoms. The quantitative estimate of drug-likeness (QED) is 0.169. The summed E-state index contributed by atoms with van der Waals surface area (Å²) in [7, 11) is 0. The van der Waals surface area contributed by atoms with Crippen molar-refractivity contribution in [1.82, 2.24) is 38.5 Å². The van der Waals surface area contributed by atoms with Crippen LogP contribution in [0.2, 0.25) is 5.28 Å². The number of benzene rings is 2. The van der Waals surface area contributed by atoms with Crippen molar-refractivity contribution in [3.63, 3.8) is 0 Å². The molecule has 0 aliphatic carbocycles. The summed E-state index contributed by atoms with van der Waals surface area (Å²) in [6.07, 6.45) is 3.92. The number of aryl methyl sites for hydroxylation is 1. The molecule has 2 aliphatic heterocycles. The number of halogens is 3. The van der Waals surface area contributed by atoms with Gasteiger partial charge in [0.2, 0.25) is 5.28 Å². The van der Waals surface area contributed by atoms with Crippen molar-refractivity contribution in [2.24, 2.45) is 5.41 Å². The molecule has 1 amide bonds. The van der Waals surface area contributed by atoms with Crippen molar-refractivity contribution >= 4 is 39.7 Å². The summed E-state index contributed by atoms with van der Waals surface area (Å²) in [5.74, 6) is -1.43. The molecule has 10 nitrogen and oxygen atoms in total. The summed E-state index contributed by atoms with van der Waals surface area (Å²) in [4.78, 5) is 46.1. The van der Waals surface area contributed by atoms with Gasteiger partial charge in [-0.05, 0) is 91.2 Å². The van der Waals surface area contributed by atoms with Crippen LogP contribution < -0.4 is 5.69 Å². The van der Waals surface area contributed by atoms with Gasteiger partial charge in [-0.2, -0.15) is 4.98 Å². The van der Waals surface area contributed by atoms with Crippen LogP contribution in [-0.4, -0.2) is 70.5 Å². The first-order valence-corrected chi connectivity index (χ1v) is 18.4. The predicted molar refractivity (Wildman–Crippen MR) is 201 cm³/mol. The number of aromatic nitrogens is 6. The van der Waals surface area contributed by atoms with Crippen LogP contribution in [-0.2, 0) is 19.5 Å². The summed E-state index contributed by atoms with van der Waals surface area (Å²) in [5.41, 5.74) is 5.72. The first-order valence-electron chi connectivity index (χ1n) is 18.0. The molecule has 6 heterocycles. The number of hydrogen-bond donors (Lipinski definition) is 0. The number of carbonyl (C=O) groups excluding carboxylic acids is 1. The van der Waals surface area contributed by atoms with Gasteiger partial charge < -0.3 is 14.4 Å². The highest BCUT2D eigenvalue weighted by atomic mass is 35.5. The molecule has 0 saturated carbocycles. The fourth-order valence-corrected chi connectivity index (χ4v) is 8.38. The number of piperidine rings is 1. The Morgan fingerprint density at radius 1 is 0.981 bits per heavy atom. The number of nitrogens with zero attached hydrogens (tertiary/aromatic N) is 8. The maximum atomic E-state index is 14.8. The van der Waals surface area contributed by atoms with Crippen molar-refractivity contribution < 1.29 is 13.6 Å². The molecular formula is C40H41ClF2N8O2. The number of rotatable bonds is 6. The molecule has 4 aromatic heterocycles. The zero-order valence-corrected chi connectivity index (χ0v) is 31.0. The zero-order chi connectivity index (χ0) is 37.2. The lowest BCUT2D eigenvalue weighted by molar-refractivity contribution is 0.0730. The Hall–Kier alpha value is -4.94. The van der Waals surface area contributed by atoms with E-state index in [-0.39, 0.29) is 34.9 Å². The molecule has 0 unspecified atom stereocenters. The third kappa shape index (κ3) is 6.52. The van der Waals surface area contributed by atoms with Crippen molar-refractivity contribution in [2.45, 2.75) is 66.1 Å². The number of imidazole rings is 1. The Bertz CT molecular complexity index is 2440. The highest BCUT2D eigenvalue weighted by Crippen LogP contribution is 2.33. The van der Waals surface area contributed by atoms with E-state index in [4.69, 9.17) is 11.6 Å². The molecule has 274 valence electrons. The number of hydrogen-bond acceptors (Lipinski definition) is 6. The van der Waals surface area contributed by atoms with Crippen molar-refractivity contribution in [1.29, 1.82) is 0 Å². The summed E-state index contributed by atoms with van der Waals surface area (Å²) >= 11 is 6.35. The van der Waals surface area contributed by atoms with Gasteiger partial charge in [-0.25, -0.2) is 23.5 Å². The van der Waals surface area contributed by atoms with Gasteiger partial charge >= 0.3 is 5.69 Å². The van der Waals surface area contributed by atoms with E-state index in [1.54, 1.807) is 44.5 Å². The first-order chi connectivity index (χ1) is 25.4. The molecule has 0 atom stereocenters. The molecule has 2 aliphatic rings. The predicted octanol–water partition coefficient (Wildman–Crippen LogP) is 7.10. The highest BCUT2D eigenvalue weighted by molar-refractivity contribution is 6.28. The summed E-state index contributed by atoms with van der Waals surface area (Å²) in [6.45, 7) is 12.2. The maximum absolute atomic E-state index is 14.8. The summed E-state index contributed by atoms with van der Waals surface area (Å²) < 4.78 is 33.8. The van der Waals surface area contributed by atoms with E-state index >= 15 is 0 Å². The molecule has 8 rings (SSSR count). The highest BCUT2D eigenvalue weighted by Gasteiger charge is 2.31. The molecule has 0 spiro atoms. The van der Waals surface area contributed by atoms with E-state index in [2.05, 4.69) is 40.6 Å². The van der Waals surface area contributed by atoms with Gasteiger partial charge in [0.25, 0.3) is 5.91 Å². The van der Waals surface area contributed by atoms with Crippen LogP contribution in [0.4, 0.5) is 8.78 Å². The van der Waals surface area contributed by atoms with Gasteiger partial charge in [0.15, 0.2) is 5.65 Å². The molecule has 1 fully saturated rings. The minimum absolute atomic E-state index is 0.0389. The Morgan fingerprint density at radius 2 is 1.74 bits per heavy atom. The monoisotopic (exact) mass is 738 g/mol. The number of amides is 1.